The van der Waals surface area contributed by atoms with Crippen LogP contribution in [-0.2, 0) is 26.1 Å². The number of aromatic nitrogens is 1. The van der Waals surface area contributed by atoms with Crippen molar-refractivity contribution in [3.05, 3.63) is 94.6 Å². The number of halogens is 1. The summed E-state index contributed by atoms with van der Waals surface area (Å²) in [6.45, 7) is 2.02. The number of carbonyl (C=O) groups excluding carboxylic acids is 1. The first-order chi connectivity index (χ1) is 18.3. The quantitative estimate of drug-likeness (QED) is 0.334. The van der Waals surface area contributed by atoms with E-state index in [0.717, 1.165) is 22.0 Å². The van der Waals surface area contributed by atoms with Crippen molar-refractivity contribution in [2.45, 2.75) is 11.4 Å². The third kappa shape index (κ3) is 4.33. The minimum absolute atomic E-state index is 0.171. The van der Waals surface area contributed by atoms with E-state index < -0.39 is 10.0 Å². The zero-order valence-electron chi connectivity index (χ0n) is 20.8. The Kier molecular flexibility index (Phi) is 6.36. The van der Waals surface area contributed by atoms with Gasteiger partial charge < -0.3 is 14.2 Å². The molecule has 0 unspecified atom stereocenters. The summed E-state index contributed by atoms with van der Waals surface area (Å²) in [6, 6.07) is 20.7. The third-order valence-corrected chi connectivity index (χ3v) is 9.29. The Bertz CT molecular complexity index is 1690. The summed E-state index contributed by atoms with van der Waals surface area (Å²) in [5.41, 5.74) is 4.80. The SMILES string of the molecule is CN1C(=O)/C(=C\c2cn(Cc3ccc(Cl)cc3)c3ccccc23)c2cc(S(=O)(=O)N3CCOCC3)ccc21. The molecule has 0 bridgehead atoms. The van der Waals surface area contributed by atoms with Crippen molar-refractivity contribution in [1.29, 1.82) is 0 Å². The van der Waals surface area contributed by atoms with E-state index in [-0.39, 0.29) is 10.8 Å². The minimum atomic E-state index is -3.70. The van der Waals surface area contributed by atoms with E-state index >= 15 is 0 Å². The van der Waals surface area contributed by atoms with Crippen molar-refractivity contribution >= 4 is 55.8 Å². The lowest BCUT2D eigenvalue weighted by Gasteiger charge is -2.26. The maximum atomic E-state index is 13.4. The molecule has 6 rings (SSSR count). The molecule has 0 saturated carbocycles. The number of hydrogen-bond acceptors (Lipinski definition) is 4. The van der Waals surface area contributed by atoms with Crippen molar-refractivity contribution in [3.8, 4) is 0 Å². The normalized spacial score (nSPS) is 17.5. The predicted octanol–water partition coefficient (Wildman–Crippen LogP) is 4.88. The van der Waals surface area contributed by atoms with Crippen LogP contribution in [-0.4, -0.2) is 56.5 Å². The van der Waals surface area contributed by atoms with Crippen LogP contribution in [0.2, 0.25) is 5.02 Å². The number of para-hydroxylation sites is 1. The molecule has 1 saturated heterocycles. The van der Waals surface area contributed by atoms with Gasteiger partial charge in [-0.15, -0.1) is 0 Å². The molecule has 1 aromatic heterocycles. The van der Waals surface area contributed by atoms with Crippen molar-refractivity contribution in [2.24, 2.45) is 0 Å². The number of rotatable bonds is 5. The number of benzene rings is 3. The monoisotopic (exact) mass is 547 g/mol. The fourth-order valence-electron chi connectivity index (χ4n) is 5.13. The minimum Gasteiger partial charge on any atom is -0.379 e. The van der Waals surface area contributed by atoms with E-state index in [9.17, 15) is 13.2 Å². The summed E-state index contributed by atoms with van der Waals surface area (Å²) in [5.74, 6) is -0.171. The molecular weight excluding hydrogens is 522 g/mol. The number of sulfonamides is 1. The van der Waals surface area contributed by atoms with Crippen LogP contribution in [0.1, 0.15) is 16.7 Å². The number of amides is 1. The van der Waals surface area contributed by atoms with Crippen LogP contribution >= 0.6 is 11.6 Å². The summed E-state index contributed by atoms with van der Waals surface area (Å²) in [6.07, 6.45) is 3.91. The summed E-state index contributed by atoms with van der Waals surface area (Å²) < 4.78 is 35.6. The second-order valence-corrected chi connectivity index (χ2v) is 11.8. The van der Waals surface area contributed by atoms with Gasteiger partial charge in [-0.1, -0.05) is 41.9 Å². The Balaban J connectivity index is 1.43. The van der Waals surface area contributed by atoms with Crippen molar-refractivity contribution < 1.29 is 17.9 Å². The molecule has 194 valence electrons. The maximum Gasteiger partial charge on any atom is 0.258 e. The van der Waals surface area contributed by atoms with Gasteiger partial charge in [0.25, 0.3) is 5.91 Å². The van der Waals surface area contributed by atoms with Gasteiger partial charge in [0.15, 0.2) is 0 Å². The Labute approximate surface area is 226 Å². The molecule has 2 aliphatic rings. The molecular formula is C29H26ClN3O4S. The topological polar surface area (TPSA) is 71.9 Å². The summed E-state index contributed by atoms with van der Waals surface area (Å²) in [7, 11) is -1.99. The van der Waals surface area contributed by atoms with Gasteiger partial charge in [0.1, 0.15) is 0 Å². The van der Waals surface area contributed by atoms with Crippen molar-refractivity contribution in [1.82, 2.24) is 8.87 Å². The Morgan fingerprint density at radius 2 is 1.74 bits per heavy atom. The van der Waals surface area contributed by atoms with Crippen LogP contribution in [0.3, 0.4) is 0 Å². The number of anilines is 1. The molecule has 0 radical (unpaired) electrons. The molecule has 0 atom stereocenters. The van der Waals surface area contributed by atoms with E-state index in [1.165, 1.54) is 4.31 Å². The van der Waals surface area contributed by atoms with Crippen molar-refractivity contribution in [3.63, 3.8) is 0 Å². The highest BCUT2D eigenvalue weighted by Crippen LogP contribution is 2.39. The molecule has 1 amide bonds. The lowest BCUT2D eigenvalue weighted by molar-refractivity contribution is -0.112. The summed E-state index contributed by atoms with van der Waals surface area (Å²) in [5, 5.41) is 1.70. The van der Waals surface area contributed by atoms with Crippen LogP contribution in [0.4, 0.5) is 5.69 Å². The molecule has 0 aliphatic carbocycles. The number of nitrogens with zero attached hydrogens (tertiary/aromatic N) is 3. The van der Waals surface area contributed by atoms with Gasteiger partial charge in [-0.05, 0) is 48.0 Å². The maximum absolute atomic E-state index is 13.4. The highest BCUT2D eigenvalue weighted by Gasteiger charge is 2.33. The fourth-order valence-corrected chi connectivity index (χ4v) is 6.69. The van der Waals surface area contributed by atoms with Crippen LogP contribution in [0.25, 0.3) is 22.6 Å². The molecule has 3 heterocycles. The largest absolute Gasteiger partial charge is 0.379 e. The number of carbonyl (C=O) groups is 1. The molecule has 0 N–H and O–H groups in total. The zero-order valence-corrected chi connectivity index (χ0v) is 22.4. The molecule has 7 nitrogen and oxygen atoms in total. The van der Waals surface area contributed by atoms with Crippen LogP contribution in [0.15, 0.2) is 77.8 Å². The van der Waals surface area contributed by atoms with Gasteiger partial charge >= 0.3 is 0 Å². The second-order valence-electron chi connectivity index (χ2n) is 9.47. The van der Waals surface area contributed by atoms with Gasteiger partial charge in [-0.2, -0.15) is 4.31 Å². The molecule has 2 aliphatic heterocycles. The molecule has 3 aromatic carbocycles. The highest BCUT2D eigenvalue weighted by atomic mass is 35.5. The standard InChI is InChI=1S/C29H26ClN3O4S/c1-31-27-11-10-23(38(35,36)33-12-14-37-15-13-33)17-25(27)26(29(31)34)16-21-19-32(28-5-3-2-4-24(21)28)18-20-6-8-22(30)9-7-20/h2-11,16-17,19H,12-15,18H2,1H3/b26-16-. The van der Waals surface area contributed by atoms with Crippen molar-refractivity contribution in [2.75, 3.05) is 38.3 Å². The zero-order chi connectivity index (χ0) is 26.4. The number of hydrogen-bond donors (Lipinski definition) is 0. The molecule has 0 spiro atoms. The summed E-state index contributed by atoms with van der Waals surface area (Å²) >= 11 is 6.06. The van der Waals surface area contributed by atoms with Crippen LogP contribution in [0.5, 0.6) is 0 Å². The van der Waals surface area contributed by atoms with Gasteiger partial charge in [-0.3, -0.25) is 4.79 Å². The van der Waals surface area contributed by atoms with E-state index in [1.54, 1.807) is 30.1 Å². The fraction of sp³-hybridized carbons (Fsp3) is 0.207. The predicted molar refractivity (Wildman–Crippen MR) is 150 cm³/mol. The molecule has 38 heavy (non-hydrogen) atoms. The van der Waals surface area contributed by atoms with E-state index in [4.69, 9.17) is 16.3 Å². The first-order valence-corrected chi connectivity index (χ1v) is 14.2. The van der Waals surface area contributed by atoms with E-state index in [1.807, 2.05) is 54.7 Å². The number of ether oxygens (including phenoxy) is 1. The average Bonchev–Trinajstić information content (AvgIpc) is 3.40. The van der Waals surface area contributed by atoms with Gasteiger partial charge in [-0.25, -0.2) is 8.42 Å². The Hall–Kier alpha value is -3.43. The Morgan fingerprint density at radius 1 is 1.00 bits per heavy atom. The van der Waals surface area contributed by atoms with Gasteiger partial charge in [0.05, 0.1) is 23.8 Å². The van der Waals surface area contributed by atoms with Gasteiger partial charge in [0, 0.05) is 65.5 Å². The average molecular weight is 548 g/mol. The summed E-state index contributed by atoms with van der Waals surface area (Å²) in [4.78, 5) is 15.1. The van der Waals surface area contributed by atoms with Crippen LogP contribution < -0.4 is 4.90 Å². The highest BCUT2D eigenvalue weighted by molar-refractivity contribution is 7.89. The number of likely N-dealkylation sites (N-methyl/N-ethyl adjacent to an activating group) is 1. The first kappa shape index (κ1) is 24.9. The van der Waals surface area contributed by atoms with E-state index in [0.29, 0.717) is 54.7 Å². The first-order valence-electron chi connectivity index (χ1n) is 12.4. The Morgan fingerprint density at radius 3 is 2.50 bits per heavy atom. The third-order valence-electron chi connectivity index (χ3n) is 7.15. The smallest absolute Gasteiger partial charge is 0.258 e. The van der Waals surface area contributed by atoms with E-state index in [2.05, 4.69) is 10.6 Å². The van der Waals surface area contributed by atoms with Gasteiger partial charge in [0.2, 0.25) is 10.0 Å². The lowest BCUT2D eigenvalue weighted by atomic mass is 10.0. The molecule has 9 heteroatoms. The number of morpholine rings is 1. The second kappa shape index (κ2) is 9.71. The number of fused-ring (bicyclic) bond motifs is 2. The molecule has 4 aromatic rings. The van der Waals surface area contributed by atoms with Crippen LogP contribution in [0, 0.1) is 0 Å². The lowest BCUT2D eigenvalue weighted by Crippen LogP contribution is -2.40. The molecule has 1 fully saturated rings.